The van der Waals surface area contributed by atoms with Gasteiger partial charge in [0.15, 0.2) is 5.60 Å². The highest BCUT2D eigenvalue weighted by molar-refractivity contribution is 6.29. The van der Waals surface area contributed by atoms with E-state index in [2.05, 4.69) is 10.3 Å². The van der Waals surface area contributed by atoms with Crippen LogP contribution in [0.15, 0.2) is 66.4 Å². The van der Waals surface area contributed by atoms with Crippen LogP contribution in [0.25, 0.3) is 5.70 Å². The van der Waals surface area contributed by atoms with Gasteiger partial charge in [-0.3, -0.25) is 19.4 Å². The van der Waals surface area contributed by atoms with E-state index in [9.17, 15) is 28.3 Å². The van der Waals surface area contributed by atoms with Crippen molar-refractivity contribution in [1.29, 1.82) is 0 Å². The van der Waals surface area contributed by atoms with Crippen LogP contribution in [0.3, 0.4) is 0 Å². The van der Waals surface area contributed by atoms with Gasteiger partial charge in [-0.05, 0) is 24.1 Å². The lowest BCUT2D eigenvalue weighted by Crippen LogP contribution is -2.47. The Morgan fingerprint density at radius 1 is 1.06 bits per heavy atom. The summed E-state index contributed by atoms with van der Waals surface area (Å²) in [6, 6.07) is 12.1. The second-order valence-corrected chi connectivity index (χ2v) is 8.20. The van der Waals surface area contributed by atoms with Crippen LogP contribution >= 0.6 is 0 Å². The first kappa shape index (κ1) is 24.7. The normalized spacial score (nSPS) is 17.0. The molecular weight excluding hydrogens is 472 g/mol. The summed E-state index contributed by atoms with van der Waals surface area (Å²) in [5, 5.41) is 23.4. The van der Waals surface area contributed by atoms with Gasteiger partial charge in [-0.15, -0.1) is 0 Å². The molecule has 0 radical (unpaired) electrons. The predicted molar refractivity (Wildman–Crippen MR) is 124 cm³/mol. The van der Waals surface area contributed by atoms with E-state index in [4.69, 9.17) is 10.8 Å². The first-order valence-corrected chi connectivity index (χ1v) is 10.9. The monoisotopic (exact) mass is 493 g/mol. The summed E-state index contributed by atoms with van der Waals surface area (Å²) in [5.41, 5.74) is 3.47. The number of nitrogens with two attached hydrogens (primary N) is 1. The number of carboxylic acid groups (broad SMARTS) is 1. The highest BCUT2D eigenvalue weighted by Gasteiger charge is 2.50. The van der Waals surface area contributed by atoms with Gasteiger partial charge < -0.3 is 21.3 Å². The molecule has 1 heterocycles. The zero-order chi connectivity index (χ0) is 26.0. The maximum atomic E-state index is 14.0. The number of nitrogens with zero attached hydrogens (tertiary/aromatic N) is 1. The third-order valence-corrected chi connectivity index (χ3v) is 5.96. The van der Waals surface area contributed by atoms with Gasteiger partial charge in [0.05, 0.1) is 11.4 Å². The van der Waals surface area contributed by atoms with Crippen LogP contribution in [0.4, 0.5) is 8.78 Å². The Labute approximate surface area is 204 Å². The Balaban J connectivity index is 1.77. The molecule has 0 bridgehead atoms. The molecule has 0 spiro atoms. The molecule has 1 amide bonds. The second kappa shape index (κ2) is 9.67. The van der Waals surface area contributed by atoms with Gasteiger partial charge in [0, 0.05) is 41.9 Å². The Hall–Kier alpha value is -4.44. The first-order valence-electron chi connectivity index (χ1n) is 10.9. The van der Waals surface area contributed by atoms with Crippen molar-refractivity contribution in [2.45, 2.75) is 25.0 Å². The molecule has 1 aliphatic carbocycles. The van der Waals surface area contributed by atoms with E-state index in [0.29, 0.717) is 11.6 Å². The summed E-state index contributed by atoms with van der Waals surface area (Å²) in [6.07, 6.45) is 1.03. The van der Waals surface area contributed by atoms with Gasteiger partial charge in [0.1, 0.15) is 17.2 Å². The first-order chi connectivity index (χ1) is 17.1. The summed E-state index contributed by atoms with van der Waals surface area (Å²) in [7, 11) is 0. The number of aryl methyl sites for hydroxylation is 1. The SMILES string of the molecule is NC1=C(C(=O)NCc2ccc(F)cc2F)C(=O)C(O)(c2ncccc2CCC(=O)O)c2ccccc21. The fourth-order valence-electron chi connectivity index (χ4n) is 4.19. The topological polar surface area (TPSA) is 143 Å². The number of carboxylic acids is 1. The average molecular weight is 493 g/mol. The zero-order valence-electron chi connectivity index (χ0n) is 18.8. The number of aliphatic hydroxyl groups is 1. The van der Waals surface area contributed by atoms with Gasteiger partial charge in [-0.25, -0.2) is 8.78 Å². The van der Waals surface area contributed by atoms with E-state index < -0.39 is 40.5 Å². The lowest BCUT2D eigenvalue weighted by atomic mass is 9.73. The average Bonchev–Trinajstić information content (AvgIpc) is 2.86. The second-order valence-electron chi connectivity index (χ2n) is 8.20. The summed E-state index contributed by atoms with van der Waals surface area (Å²) >= 11 is 0. The molecule has 0 fully saturated rings. The van der Waals surface area contributed by atoms with Gasteiger partial charge in [0.25, 0.3) is 5.91 Å². The smallest absolute Gasteiger partial charge is 0.303 e. The van der Waals surface area contributed by atoms with Gasteiger partial charge >= 0.3 is 5.97 Å². The number of aromatic nitrogens is 1. The van der Waals surface area contributed by atoms with E-state index in [1.54, 1.807) is 12.1 Å². The Bertz CT molecular complexity index is 1420. The minimum absolute atomic E-state index is 0.0245. The van der Waals surface area contributed by atoms with Crippen LogP contribution in [-0.4, -0.2) is 32.9 Å². The maximum absolute atomic E-state index is 14.0. The quantitative estimate of drug-likeness (QED) is 0.370. The molecule has 2 aromatic carbocycles. The fourth-order valence-corrected chi connectivity index (χ4v) is 4.19. The minimum atomic E-state index is -2.44. The van der Waals surface area contributed by atoms with Crippen LogP contribution in [0, 0.1) is 11.6 Å². The van der Waals surface area contributed by atoms with Crippen molar-refractivity contribution in [3.63, 3.8) is 0 Å². The molecule has 10 heteroatoms. The van der Waals surface area contributed by atoms with Crippen LogP contribution in [0.2, 0.25) is 0 Å². The number of aliphatic carboxylic acids is 1. The molecule has 36 heavy (non-hydrogen) atoms. The number of carbonyl (C=O) groups is 3. The van der Waals surface area contributed by atoms with Gasteiger partial charge in [0.2, 0.25) is 5.78 Å². The molecule has 1 aromatic heterocycles. The number of fused-ring (bicyclic) bond motifs is 1. The number of carbonyl (C=O) groups excluding carboxylic acids is 2. The van der Waals surface area contributed by atoms with E-state index in [1.165, 1.54) is 30.5 Å². The fraction of sp³-hybridized carbons (Fsp3) is 0.154. The minimum Gasteiger partial charge on any atom is -0.481 e. The number of ketones is 1. The molecule has 8 nitrogen and oxygen atoms in total. The molecule has 5 N–H and O–H groups in total. The van der Waals surface area contributed by atoms with Crippen LogP contribution in [0.5, 0.6) is 0 Å². The molecule has 1 aliphatic rings. The number of amides is 1. The van der Waals surface area contributed by atoms with Gasteiger partial charge in [-0.2, -0.15) is 0 Å². The largest absolute Gasteiger partial charge is 0.481 e. The third kappa shape index (κ3) is 4.34. The number of halogens is 2. The van der Waals surface area contributed by atoms with Crippen LogP contribution < -0.4 is 11.1 Å². The Morgan fingerprint density at radius 2 is 1.81 bits per heavy atom. The molecule has 184 valence electrons. The van der Waals surface area contributed by atoms with Crippen LogP contribution in [-0.2, 0) is 33.0 Å². The molecule has 0 saturated carbocycles. The number of rotatable bonds is 7. The number of nitrogens with one attached hydrogen (secondary N) is 1. The maximum Gasteiger partial charge on any atom is 0.303 e. The van der Waals surface area contributed by atoms with Crippen molar-refractivity contribution in [1.82, 2.24) is 10.3 Å². The number of hydrogen-bond donors (Lipinski definition) is 4. The van der Waals surface area contributed by atoms with E-state index in [-0.39, 0.29) is 47.5 Å². The molecular formula is C26H21F2N3O5. The molecule has 3 aromatic rings. The molecule has 0 saturated heterocycles. The highest BCUT2D eigenvalue weighted by Crippen LogP contribution is 2.42. The summed E-state index contributed by atoms with van der Waals surface area (Å²) in [5.74, 6) is -4.79. The van der Waals surface area contributed by atoms with Crippen molar-refractivity contribution >= 4 is 23.4 Å². The van der Waals surface area contributed by atoms with E-state index in [1.807, 2.05) is 0 Å². The predicted octanol–water partition coefficient (Wildman–Crippen LogP) is 2.18. The van der Waals surface area contributed by atoms with E-state index >= 15 is 0 Å². The van der Waals surface area contributed by atoms with Crippen molar-refractivity contribution in [3.05, 3.63) is 106 Å². The van der Waals surface area contributed by atoms with Crippen molar-refractivity contribution < 1.29 is 33.4 Å². The molecule has 1 unspecified atom stereocenters. The molecule has 1 atom stereocenters. The van der Waals surface area contributed by atoms with Crippen molar-refractivity contribution in [2.75, 3.05) is 0 Å². The summed E-state index contributed by atoms with van der Waals surface area (Å²) in [4.78, 5) is 42.2. The highest BCUT2D eigenvalue weighted by atomic mass is 19.1. The van der Waals surface area contributed by atoms with Crippen LogP contribution in [0.1, 0.15) is 34.4 Å². The zero-order valence-corrected chi connectivity index (χ0v) is 18.8. The Morgan fingerprint density at radius 3 is 2.53 bits per heavy atom. The lowest BCUT2D eigenvalue weighted by Gasteiger charge is -2.34. The summed E-state index contributed by atoms with van der Waals surface area (Å²) < 4.78 is 27.2. The Kier molecular flexibility index (Phi) is 6.63. The summed E-state index contributed by atoms with van der Waals surface area (Å²) in [6.45, 7) is -0.372. The number of Topliss-reactive ketones (excluding diaryl/α,β-unsaturated/α-hetero) is 1. The van der Waals surface area contributed by atoms with Crippen molar-refractivity contribution in [3.8, 4) is 0 Å². The van der Waals surface area contributed by atoms with Crippen molar-refractivity contribution in [2.24, 2.45) is 5.73 Å². The van der Waals surface area contributed by atoms with Gasteiger partial charge in [-0.1, -0.05) is 36.4 Å². The molecule has 4 rings (SSSR count). The third-order valence-electron chi connectivity index (χ3n) is 5.96. The number of pyridine rings is 1. The molecule has 0 aliphatic heterocycles. The lowest BCUT2D eigenvalue weighted by molar-refractivity contribution is -0.137. The standard InChI is InChI=1S/C26H21F2N3O5/c27-16-9-7-15(19(28)12-16)13-31-25(35)21-22(29)17-5-1-2-6-18(17)26(36,24(21)34)23-14(4-3-11-30-23)8-10-20(32)33/h1-7,9,11-12,36H,8,10,13,29H2,(H,31,35)(H,32,33). The van der Waals surface area contributed by atoms with E-state index in [0.717, 1.165) is 12.1 Å². The number of hydrogen-bond acceptors (Lipinski definition) is 6. The number of benzene rings is 2.